The molecule has 0 aromatic heterocycles. The van der Waals surface area contributed by atoms with Gasteiger partial charge in [0.25, 0.3) is 0 Å². The number of nitrogens with one attached hydrogen (secondary N) is 1. The molecule has 1 N–H and O–H groups in total. The minimum atomic E-state index is -0.945. The zero-order chi connectivity index (χ0) is 19.3. The van der Waals surface area contributed by atoms with Gasteiger partial charge in [-0.3, -0.25) is 19.3 Å². The maximum Gasteiger partial charge on any atom is 0.335 e. The summed E-state index contributed by atoms with van der Waals surface area (Å²) in [5, 5.41) is 3.03. The number of rotatable bonds is 6. The Bertz CT molecular complexity index is 681. The fourth-order valence-corrected chi connectivity index (χ4v) is 6.27. The van der Waals surface area contributed by atoms with Gasteiger partial charge in [-0.1, -0.05) is 6.08 Å². The van der Waals surface area contributed by atoms with Crippen molar-refractivity contribution in [2.75, 3.05) is 13.1 Å². The van der Waals surface area contributed by atoms with E-state index < -0.39 is 24.4 Å². The highest BCUT2D eigenvalue weighted by atomic mass is 16.2. The maximum atomic E-state index is 12.6. The number of carbonyl (C=O) groups is 4. The van der Waals surface area contributed by atoms with Crippen LogP contribution < -0.4 is 5.32 Å². The largest absolute Gasteiger partial charge is 0.352 e. The van der Waals surface area contributed by atoms with Crippen molar-refractivity contribution in [2.45, 2.75) is 51.5 Å². The second-order valence-corrected chi connectivity index (χ2v) is 8.95. The van der Waals surface area contributed by atoms with Crippen molar-refractivity contribution in [3.8, 4) is 0 Å². The molecule has 1 aliphatic heterocycles. The summed E-state index contributed by atoms with van der Waals surface area (Å²) in [7, 11) is 0. The molecule has 5 aliphatic rings. The van der Waals surface area contributed by atoms with Crippen molar-refractivity contribution in [1.29, 1.82) is 0 Å². The van der Waals surface area contributed by atoms with Gasteiger partial charge >= 0.3 is 17.8 Å². The van der Waals surface area contributed by atoms with Crippen LogP contribution in [-0.4, -0.2) is 52.7 Å². The van der Waals surface area contributed by atoms with Crippen molar-refractivity contribution in [1.82, 2.24) is 15.1 Å². The predicted octanol–water partition coefficient (Wildman–Crippen LogP) is 1.68. The zero-order valence-electron chi connectivity index (χ0n) is 15.8. The summed E-state index contributed by atoms with van der Waals surface area (Å²) in [5.41, 5.74) is 0.147. The first-order chi connectivity index (χ1) is 12.8. The maximum absolute atomic E-state index is 12.6. The lowest BCUT2D eigenvalue weighted by atomic mass is 9.48. The third kappa shape index (κ3) is 2.97. The predicted molar refractivity (Wildman–Crippen MR) is 97.2 cm³/mol. The lowest BCUT2D eigenvalue weighted by molar-refractivity contribution is -0.144. The van der Waals surface area contributed by atoms with E-state index in [-0.39, 0.29) is 23.9 Å². The van der Waals surface area contributed by atoms with Crippen LogP contribution in [0.1, 0.15) is 45.4 Å². The first-order valence-corrected chi connectivity index (χ1v) is 9.90. The van der Waals surface area contributed by atoms with Crippen LogP contribution in [0.15, 0.2) is 12.7 Å². The molecule has 5 rings (SSSR count). The van der Waals surface area contributed by atoms with E-state index in [4.69, 9.17) is 0 Å². The fourth-order valence-electron chi connectivity index (χ4n) is 6.27. The highest BCUT2D eigenvalue weighted by molar-refractivity contribution is 6.45. The van der Waals surface area contributed by atoms with Crippen LogP contribution in [0.2, 0.25) is 0 Å². The fraction of sp³-hybridized carbons (Fsp3) is 0.700. The molecular weight excluding hydrogens is 346 g/mol. The van der Waals surface area contributed by atoms with Gasteiger partial charge in [-0.05, 0) is 68.6 Å². The Morgan fingerprint density at radius 1 is 1.11 bits per heavy atom. The van der Waals surface area contributed by atoms with Gasteiger partial charge in [0.05, 0.1) is 0 Å². The van der Waals surface area contributed by atoms with Crippen LogP contribution in [0.25, 0.3) is 0 Å². The number of hydrogen-bond donors (Lipinski definition) is 1. The van der Waals surface area contributed by atoms with E-state index >= 15 is 0 Å². The number of carbonyl (C=O) groups excluding carboxylic acids is 4. The van der Waals surface area contributed by atoms with Crippen molar-refractivity contribution in [3.05, 3.63) is 12.7 Å². The van der Waals surface area contributed by atoms with Gasteiger partial charge in [0.2, 0.25) is 5.91 Å². The summed E-state index contributed by atoms with van der Waals surface area (Å²) in [5.74, 6) is 0.113. The third-order valence-corrected chi connectivity index (χ3v) is 7.13. The molecule has 0 spiro atoms. The summed E-state index contributed by atoms with van der Waals surface area (Å²) in [6, 6.07) is -0.742. The summed E-state index contributed by atoms with van der Waals surface area (Å²) < 4.78 is 0. The van der Waals surface area contributed by atoms with E-state index in [1.165, 1.54) is 25.3 Å². The molecule has 1 heterocycles. The van der Waals surface area contributed by atoms with Gasteiger partial charge < -0.3 is 5.32 Å². The molecule has 0 unspecified atom stereocenters. The molecule has 0 aromatic carbocycles. The second kappa shape index (κ2) is 6.46. The lowest BCUT2D eigenvalue weighted by Crippen LogP contribution is -2.57. The summed E-state index contributed by atoms with van der Waals surface area (Å²) in [6.45, 7) is 5.08. The van der Waals surface area contributed by atoms with E-state index in [0.717, 1.165) is 46.8 Å². The summed E-state index contributed by atoms with van der Waals surface area (Å²) in [4.78, 5) is 50.3. The molecule has 4 saturated carbocycles. The Morgan fingerprint density at radius 3 is 2.15 bits per heavy atom. The molecule has 1 atom stereocenters. The normalized spacial score (nSPS) is 35.7. The Hall–Kier alpha value is -2.18. The summed E-state index contributed by atoms with van der Waals surface area (Å²) in [6.07, 6.45) is 8.85. The quantitative estimate of drug-likeness (QED) is 0.436. The van der Waals surface area contributed by atoms with Crippen LogP contribution in [0.3, 0.4) is 0 Å². The average Bonchev–Trinajstić information content (AvgIpc) is 2.79. The Kier molecular flexibility index (Phi) is 4.35. The summed E-state index contributed by atoms with van der Waals surface area (Å²) >= 11 is 0. The number of imide groups is 2. The topological polar surface area (TPSA) is 86.8 Å². The molecule has 7 heteroatoms. The highest BCUT2D eigenvalue weighted by Gasteiger charge is 2.53. The van der Waals surface area contributed by atoms with Gasteiger partial charge in [-0.2, -0.15) is 0 Å². The molecule has 5 fully saturated rings. The van der Waals surface area contributed by atoms with Crippen LogP contribution in [0.4, 0.5) is 4.79 Å². The van der Waals surface area contributed by atoms with E-state index in [9.17, 15) is 19.2 Å². The van der Waals surface area contributed by atoms with Crippen LogP contribution >= 0.6 is 0 Å². The molecule has 5 amide bonds. The monoisotopic (exact) mass is 373 g/mol. The minimum Gasteiger partial charge on any atom is -0.352 e. The number of urea groups is 1. The van der Waals surface area contributed by atoms with E-state index in [0.29, 0.717) is 0 Å². The molecule has 0 aromatic rings. The number of hydrogen-bond acceptors (Lipinski definition) is 4. The van der Waals surface area contributed by atoms with Crippen LogP contribution in [-0.2, 0) is 14.4 Å². The van der Waals surface area contributed by atoms with Gasteiger partial charge in [0, 0.05) is 12.6 Å². The molecule has 0 radical (unpaired) electrons. The van der Waals surface area contributed by atoms with Crippen LogP contribution in [0.5, 0.6) is 0 Å². The van der Waals surface area contributed by atoms with Crippen molar-refractivity contribution < 1.29 is 19.2 Å². The van der Waals surface area contributed by atoms with Gasteiger partial charge in [-0.15, -0.1) is 6.58 Å². The third-order valence-electron chi connectivity index (χ3n) is 7.13. The van der Waals surface area contributed by atoms with Crippen molar-refractivity contribution in [3.63, 3.8) is 0 Å². The Labute approximate surface area is 159 Å². The highest BCUT2D eigenvalue weighted by Crippen LogP contribution is 2.61. The van der Waals surface area contributed by atoms with Crippen molar-refractivity contribution >= 4 is 23.8 Å². The Balaban J connectivity index is 1.40. The van der Waals surface area contributed by atoms with Gasteiger partial charge in [-0.25, -0.2) is 9.69 Å². The van der Waals surface area contributed by atoms with Crippen LogP contribution in [0, 0.1) is 23.2 Å². The Morgan fingerprint density at radius 2 is 1.63 bits per heavy atom. The van der Waals surface area contributed by atoms with E-state index in [1.54, 1.807) is 0 Å². The zero-order valence-corrected chi connectivity index (χ0v) is 15.8. The molecule has 4 bridgehead atoms. The molecule has 27 heavy (non-hydrogen) atoms. The van der Waals surface area contributed by atoms with E-state index in [2.05, 4.69) is 11.9 Å². The molecule has 4 aliphatic carbocycles. The molecule has 1 saturated heterocycles. The first kappa shape index (κ1) is 18.2. The standard InChI is InChI=1S/C20H27N3O4/c1-3-4-22-17(25)18(26)23(19(22)27)11-16(24)21-12(2)20-8-13-5-14(9-20)7-15(6-13)10-20/h3,12-15H,1,4-11H2,2H3,(H,21,24)/t12-,13?,14?,15?,20?/m0/s1. The second-order valence-electron chi connectivity index (χ2n) is 8.95. The smallest absolute Gasteiger partial charge is 0.335 e. The molecule has 146 valence electrons. The molecular formula is C20H27N3O4. The van der Waals surface area contributed by atoms with Gasteiger partial charge in [0.15, 0.2) is 0 Å². The SMILES string of the molecule is C=CCN1C(=O)C(=O)N(CC(=O)N[C@@H](C)C23CC4CC(CC(C4)C2)C3)C1=O. The average molecular weight is 373 g/mol. The molecule has 7 nitrogen and oxygen atoms in total. The lowest BCUT2D eigenvalue weighted by Gasteiger charge is -2.59. The van der Waals surface area contributed by atoms with E-state index in [1.807, 2.05) is 6.92 Å². The van der Waals surface area contributed by atoms with Gasteiger partial charge in [0.1, 0.15) is 6.54 Å². The minimum absolute atomic E-state index is 0.00573. The van der Waals surface area contributed by atoms with Crippen molar-refractivity contribution in [2.24, 2.45) is 23.2 Å². The number of nitrogens with zero attached hydrogens (tertiary/aromatic N) is 2. The first-order valence-electron chi connectivity index (χ1n) is 9.90. The number of amides is 5.